The Hall–Kier alpha value is -3.02. The quantitative estimate of drug-likeness (QED) is 0.366. The Balaban J connectivity index is 1.47. The standard InChI is InChI=1S/C24H28N4O3/c1-30-21-12-19-15-24(26-27-25,23(29)20(19)13-22(21)31-2)14-17-8-10-28(11-9-17)16-18-6-4-3-5-7-18/h3-7,12-13,17H,8-11,14-16H2,1-2H3. The van der Waals surface area contributed by atoms with Gasteiger partial charge in [-0.3, -0.25) is 9.69 Å². The van der Waals surface area contributed by atoms with Gasteiger partial charge in [0.2, 0.25) is 0 Å². The van der Waals surface area contributed by atoms with Crippen molar-refractivity contribution in [2.45, 2.75) is 37.8 Å². The number of fused-ring (bicyclic) bond motifs is 1. The SMILES string of the molecule is COc1cc2c(cc1OC)C(=O)C(CC1CCN(Cc3ccccc3)CC1)(N=[N+]=[N-])C2. The molecule has 1 heterocycles. The van der Waals surface area contributed by atoms with E-state index in [0.717, 1.165) is 38.0 Å². The maximum Gasteiger partial charge on any atom is 0.175 e. The highest BCUT2D eigenvalue weighted by Gasteiger charge is 2.47. The molecule has 0 amide bonds. The van der Waals surface area contributed by atoms with Crippen molar-refractivity contribution in [2.24, 2.45) is 11.0 Å². The summed E-state index contributed by atoms with van der Waals surface area (Å²) in [5.41, 5.74) is 11.0. The van der Waals surface area contributed by atoms with Crippen molar-refractivity contribution >= 4 is 5.78 Å². The number of ketones is 1. The molecule has 4 rings (SSSR count). The van der Waals surface area contributed by atoms with Crippen molar-refractivity contribution < 1.29 is 14.3 Å². The maximum atomic E-state index is 13.4. The molecule has 2 aliphatic rings. The summed E-state index contributed by atoms with van der Waals surface area (Å²) in [6, 6.07) is 14.0. The summed E-state index contributed by atoms with van der Waals surface area (Å²) in [6.45, 7) is 2.91. The molecule has 1 fully saturated rings. The number of azide groups is 1. The van der Waals surface area contributed by atoms with Gasteiger partial charge in [-0.25, -0.2) is 0 Å². The van der Waals surface area contributed by atoms with Gasteiger partial charge in [0.05, 0.1) is 14.2 Å². The number of methoxy groups -OCH3 is 2. The summed E-state index contributed by atoms with van der Waals surface area (Å²) in [7, 11) is 3.12. The Morgan fingerprint density at radius 1 is 1.13 bits per heavy atom. The van der Waals surface area contributed by atoms with Gasteiger partial charge < -0.3 is 9.47 Å². The Kier molecular flexibility index (Phi) is 6.16. The smallest absolute Gasteiger partial charge is 0.175 e. The molecule has 0 radical (unpaired) electrons. The van der Waals surface area contributed by atoms with Crippen molar-refractivity contribution in [1.82, 2.24) is 4.90 Å². The van der Waals surface area contributed by atoms with Crippen LogP contribution in [0.15, 0.2) is 47.6 Å². The Morgan fingerprint density at radius 2 is 1.81 bits per heavy atom. The number of Topliss-reactive ketones (excluding diaryl/α,β-unsaturated/α-hetero) is 1. The van der Waals surface area contributed by atoms with Crippen molar-refractivity contribution in [3.8, 4) is 11.5 Å². The second-order valence-corrected chi connectivity index (χ2v) is 8.50. The molecule has 162 valence electrons. The summed E-state index contributed by atoms with van der Waals surface area (Å²) >= 11 is 0. The summed E-state index contributed by atoms with van der Waals surface area (Å²) in [4.78, 5) is 18.9. The van der Waals surface area contributed by atoms with E-state index in [-0.39, 0.29) is 5.78 Å². The molecule has 0 bridgehead atoms. The Bertz CT molecular complexity index is 995. The largest absolute Gasteiger partial charge is 0.493 e. The van der Waals surface area contributed by atoms with Crippen LogP contribution in [0, 0.1) is 5.92 Å². The minimum atomic E-state index is -1.05. The van der Waals surface area contributed by atoms with Crippen molar-refractivity contribution in [3.63, 3.8) is 0 Å². The third-order valence-corrected chi connectivity index (χ3v) is 6.58. The van der Waals surface area contributed by atoms with Gasteiger partial charge >= 0.3 is 0 Å². The number of ether oxygens (including phenoxy) is 2. The van der Waals surface area contributed by atoms with E-state index >= 15 is 0 Å². The lowest BCUT2D eigenvalue weighted by Crippen LogP contribution is -2.40. The van der Waals surface area contributed by atoms with E-state index in [1.54, 1.807) is 20.3 Å². The first-order valence-corrected chi connectivity index (χ1v) is 10.7. The monoisotopic (exact) mass is 420 g/mol. The predicted octanol–water partition coefficient (Wildman–Crippen LogP) is 4.79. The fourth-order valence-corrected chi connectivity index (χ4v) is 4.96. The minimum Gasteiger partial charge on any atom is -0.493 e. The number of nitrogens with zero attached hydrogens (tertiary/aromatic N) is 4. The third kappa shape index (κ3) is 4.24. The number of hydrogen-bond donors (Lipinski definition) is 0. The molecule has 1 atom stereocenters. The molecule has 0 N–H and O–H groups in total. The molecule has 1 aliphatic carbocycles. The molecule has 1 unspecified atom stereocenters. The van der Waals surface area contributed by atoms with Crippen LogP contribution in [-0.4, -0.2) is 43.5 Å². The van der Waals surface area contributed by atoms with Gasteiger partial charge in [-0.2, -0.15) is 0 Å². The van der Waals surface area contributed by atoms with Crippen LogP contribution in [-0.2, 0) is 13.0 Å². The summed E-state index contributed by atoms with van der Waals surface area (Å²) in [5, 5.41) is 4.08. The first-order chi connectivity index (χ1) is 15.1. The average molecular weight is 421 g/mol. The number of hydrogen-bond acceptors (Lipinski definition) is 5. The van der Waals surface area contributed by atoms with Gasteiger partial charge in [-0.05, 0) is 73.5 Å². The van der Waals surface area contributed by atoms with Crippen LogP contribution in [0.5, 0.6) is 11.5 Å². The molecule has 7 heteroatoms. The molecule has 1 saturated heterocycles. The van der Waals surface area contributed by atoms with Crippen LogP contribution in [0.1, 0.15) is 40.7 Å². The number of piperidine rings is 1. The van der Waals surface area contributed by atoms with Crippen LogP contribution < -0.4 is 9.47 Å². The van der Waals surface area contributed by atoms with Crippen molar-refractivity contribution in [3.05, 3.63) is 69.6 Å². The zero-order chi connectivity index (χ0) is 21.8. The van der Waals surface area contributed by atoms with E-state index in [1.165, 1.54) is 5.56 Å². The highest BCUT2D eigenvalue weighted by atomic mass is 16.5. The van der Waals surface area contributed by atoms with Gasteiger partial charge in [0, 0.05) is 17.0 Å². The molecule has 0 saturated carbocycles. The zero-order valence-electron chi connectivity index (χ0n) is 18.1. The minimum absolute atomic E-state index is 0.104. The second-order valence-electron chi connectivity index (χ2n) is 8.50. The Labute approximate surface area is 182 Å². The van der Waals surface area contributed by atoms with E-state index in [9.17, 15) is 10.3 Å². The molecule has 7 nitrogen and oxygen atoms in total. The topological polar surface area (TPSA) is 87.5 Å². The third-order valence-electron chi connectivity index (χ3n) is 6.58. The highest BCUT2D eigenvalue weighted by Crippen LogP contribution is 2.43. The number of carbonyl (C=O) groups excluding carboxylic acids is 1. The molecule has 2 aromatic rings. The first kappa shape index (κ1) is 21.2. The van der Waals surface area contributed by atoms with Gasteiger partial charge in [0.25, 0.3) is 0 Å². The van der Waals surface area contributed by atoms with Crippen molar-refractivity contribution in [2.75, 3.05) is 27.3 Å². The molecular weight excluding hydrogens is 392 g/mol. The molecule has 31 heavy (non-hydrogen) atoms. The normalized spacial score (nSPS) is 21.4. The lowest BCUT2D eigenvalue weighted by Gasteiger charge is -2.35. The molecule has 2 aromatic carbocycles. The van der Waals surface area contributed by atoms with E-state index in [4.69, 9.17) is 9.47 Å². The number of likely N-dealkylation sites (tertiary alicyclic amines) is 1. The summed E-state index contributed by atoms with van der Waals surface area (Å²) in [5.74, 6) is 1.34. The predicted molar refractivity (Wildman–Crippen MR) is 119 cm³/mol. The van der Waals surface area contributed by atoms with Crippen LogP contribution >= 0.6 is 0 Å². The lowest BCUT2D eigenvalue weighted by atomic mass is 9.80. The molecule has 1 aliphatic heterocycles. The highest BCUT2D eigenvalue weighted by molar-refractivity contribution is 6.08. The fraction of sp³-hybridized carbons (Fsp3) is 0.458. The summed E-state index contributed by atoms with van der Waals surface area (Å²) < 4.78 is 10.8. The van der Waals surface area contributed by atoms with E-state index in [2.05, 4.69) is 39.2 Å². The number of benzene rings is 2. The van der Waals surface area contributed by atoms with Gasteiger partial charge in [0.15, 0.2) is 17.3 Å². The molecule has 0 aromatic heterocycles. The van der Waals surface area contributed by atoms with E-state index < -0.39 is 5.54 Å². The fourth-order valence-electron chi connectivity index (χ4n) is 4.96. The molecule has 0 spiro atoms. The van der Waals surface area contributed by atoms with Crippen molar-refractivity contribution in [1.29, 1.82) is 0 Å². The second kappa shape index (κ2) is 9.00. The van der Waals surface area contributed by atoms with Crippen LogP contribution in [0.2, 0.25) is 0 Å². The van der Waals surface area contributed by atoms with Crippen LogP contribution in [0.25, 0.3) is 10.4 Å². The first-order valence-electron chi connectivity index (χ1n) is 10.7. The van der Waals surface area contributed by atoms with Crippen LogP contribution in [0.4, 0.5) is 0 Å². The van der Waals surface area contributed by atoms with Gasteiger partial charge in [-0.15, -0.1) is 0 Å². The molecular formula is C24H28N4O3. The maximum absolute atomic E-state index is 13.4. The van der Waals surface area contributed by atoms with Gasteiger partial charge in [0.1, 0.15) is 5.54 Å². The lowest BCUT2D eigenvalue weighted by molar-refractivity contribution is 0.0855. The van der Waals surface area contributed by atoms with Crippen LogP contribution in [0.3, 0.4) is 0 Å². The average Bonchev–Trinajstić information content (AvgIpc) is 3.05. The number of rotatable bonds is 7. The van der Waals surface area contributed by atoms with E-state index in [1.807, 2.05) is 12.1 Å². The number of carbonyl (C=O) groups is 1. The van der Waals surface area contributed by atoms with Gasteiger partial charge in [-0.1, -0.05) is 35.4 Å². The Morgan fingerprint density at radius 3 is 2.45 bits per heavy atom. The summed E-state index contributed by atoms with van der Waals surface area (Å²) in [6.07, 6.45) is 2.97. The van der Waals surface area contributed by atoms with E-state index in [0.29, 0.717) is 35.8 Å². The zero-order valence-corrected chi connectivity index (χ0v) is 18.1.